The number of esters is 1. The van der Waals surface area contributed by atoms with Gasteiger partial charge in [-0.1, -0.05) is 38.1 Å². The monoisotopic (exact) mass is 355 g/mol. The molecule has 0 heterocycles. The van der Waals surface area contributed by atoms with Crippen molar-refractivity contribution in [2.24, 2.45) is 0 Å². The first-order chi connectivity index (χ1) is 12.4. The smallest absolute Gasteiger partial charge is 0.337 e. The molecule has 0 atom stereocenters. The van der Waals surface area contributed by atoms with Crippen molar-refractivity contribution in [3.05, 3.63) is 64.7 Å². The summed E-state index contributed by atoms with van der Waals surface area (Å²) in [6.07, 6.45) is 0. The van der Waals surface area contributed by atoms with Gasteiger partial charge in [0.1, 0.15) is 5.75 Å². The summed E-state index contributed by atoms with van der Waals surface area (Å²) in [6.45, 7) is 6.51. The van der Waals surface area contributed by atoms with Gasteiger partial charge in [-0.05, 0) is 47.7 Å². The molecule has 0 aliphatic rings. The molecule has 0 unspecified atom stereocenters. The molecule has 0 aliphatic heterocycles. The number of aryl methyl sites for hydroxylation is 1. The van der Waals surface area contributed by atoms with Crippen LogP contribution in [0.25, 0.3) is 0 Å². The number of ether oxygens (including phenoxy) is 2. The Balaban J connectivity index is 1.88. The highest BCUT2D eigenvalue weighted by Crippen LogP contribution is 2.27. The van der Waals surface area contributed by atoms with Crippen molar-refractivity contribution in [3.63, 3.8) is 0 Å². The van der Waals surface area contributed by atoms with E-state index in [1.807, 2.05) is 25.1 Å². The molecule has 0 radical (unpaired) electrons. The molecular weight excluding hydrogens is 330 g/mol. The summed E-state index contributed by atoms with van der Waals surface area (Å²) in [5, 5.41) is 2.82. The minimum atomic E-state index is -0.381. The van der Waals surface area contributed by atoms with E-state index in [1.54, 1.807) is 24.3 Å². The molecule has 5 nitrogen and oxygen atoms in total. The molecule has 26 heavy (non-hydrogen) atoms. The molecule has 0 aromatic heterocycles. The van der Waals surface area contributed by atoms with E-state index in [4.69, 9.17) is 4.74 Å². The Kier molecular flexibility index (Phi) is 6.78. The summed E-state index contributed by atoms with van der Waals surface area (Å²) in [7, 11) is 1.34. The SMILES string of the molecule is COC(=O)c1ccc(CNC(=O)COc2cc(C)ccc2C(C)C)cc1. The molecule has 2 rings (SSSR count). The van der Waals surface area contributed by atoms with Crippen LogP contribution in [0.4, 0.5) is 0 Å². The zero-order valence-electron chi connectivity index (χ0n) is 15.7. The molecule has 1 amide bonds. The van der Waals surface area contributed by atoms with Crippen LogP contribution in [0, 0.1) is 6.92 Å². The van der Waals surface area contributed by atoms with Crippen LogP contribution >= 0.6 is 0 Å². The second-order valence-corrected chi connectivity index (χ2v) is 6.45. The number of carbonyl (C=O) groups is 2. The third kappa shape index (κ3) is 5.34. The number of rotatable bonds is 7. The average Bonchev–Trinajstić information content (AvgIpc) is 2.64. The molecule has 0 bridgehead atoms. The first-order valence-electron chi connectivity index (χ1n) is 8.58. The van der Waals surface area contributed by atoms with Gasteiger partial charge in [0.15, 0.2) is 6.61 Å². The van der Waals surface area contributed by atoms with Crippen molar-refractivity contribution >= 4 is 11.9 Å². The minimum absolute atomic E-state index is 0.0383. The van der Waals surface area contributed by atoms with Gasteiger partial charge in [0, 0.05) is 6.54 Å². The largest absolute Gasteiger partial charge is 0.483 e. The summed E-state index contributed by atoms with van der Waals surface area (Å²) in [4.78, 5) is 23.5. The average molecular weight is 355 g/mol. The third-order valence-electron chi connectivity index (χ3n) is 4.01. The van der Waals surface area contributed by atoms with E-state index in [2.05, 4.69) is 23.9 Å². The molecule has 0 saturated heterocycles. The Hall–Kier alpha value is -2.82. The summed E-state index contributed by atoms with van der Waals surface area (Å²) in [5.41, 5.74) is 3.55. The number of nitrogens with one attached hydrogen (secondary N) is 1. The highest BCUT2D eigenvalue weighted by atomic mass is 16.5. The number of benzene rings is 2. The maximum atomic E-state index is 12.1. The molecule has 0 saturated carbocycles. The van der Waals surface area contributed by atoms with Crippen molar-refractivity contribution in [2.75, 3.05) is 13.7 Å². The second kappa shape index (κ2) is 9.04. The van der Waals surface area contributed by atoms with Crippen molar-refractivity contribution < 1.29 is 19.1 Å². The number of methoxy groups -OCH3 is 1. The highest BCUT2D eigenvalue weighted by Gasteiger charge is 2.10. The normalized spacial score (nSPS) is 10.5. The minimum Gasteiger partial charge on any atom is -0.483 e. The lowest BCUT2D eigenvalue weighted by Crippen LogP contribution is -2.28. The van der Waals surface area contributed by atoms with Crippen LogP contribution in [0.1, 0.15) is 46.8 Å². The molecule has 2 aromatic rings. The Morgan fingerprint density at radius 1 is 1.08 bits per heavy atom. The van der Waals surface area contributed by atoms with Crippen LogP contribution in [0.2, 0.25) is 0 Å². The van der Waals surface area contributed by atoms with Gasteiger partial charge in [-0.2, -0.15) is 0 Å². The van der Waals surface area contributed by atoms with Gasteiger partial charge in [0.25, 0.3) is 5.91 Å². The standard InChI is InChI=1S/C21H25NO4/c1-14(2)18-10-5-15(3)11-19(18)26-13-20(23)22-12-16-6-8-17(9-7-16)21(24)25-4/h5-11,14H,12-13H2,1-4H3,(H,22,23). The van der Waals surface area contributed by atoms with Crippen molar-refractivity contribution in [1.29, 1.82) is 0 Å². The van der Waals surface area contributed by atoms with Gasteiger partial charge in [0.05, 0.1) is 12.7 Å². The molecular formula is C21H25NO4. The van der Waals surface area contributed by atoms with Gasteiger partial charge in [-0.3, -0.25) is 4.79 Å². The number of hydrogen-bond acceptors (Lipinski definition) is 4. The first-order valence-corrected chi connectivity index (χ1v) is 8.58. The zero-order chi connectivity index (χ0) is 19.1. The van der Waals surface area contributed by atoms with Gasteiger partial charge in [-0.15, -0.1) is 0 Å². The molecule has 0 aliphatic carbocycles. The van der Waals surface area contributed by atoms with E-state index >= 15 is 0 Å². The predicted octanol–water partition coefficient (Wildman–Crippen LogP) is 3.60. The fraction of sp³-hybridized carbons (Fsp3) is 0.333. The Morgan fingerprint density at radius 3 is 2.38 bits per heavy atom. The number of carbonyl (C=O) groups excluding carboxylic acids is 2. The lowest BCUT2D eigenvalue weighted by Gasteiger charge is -2.15. The summed E-state index contributed by atoms with van der Waals surface area (Å²) in [5.74, 6) is 0.492. The quantitative estimate of drug-likeness (QED) is 0.771. The topological polar surface area (TPSA) is 64.6 Å². The Labute approximate surface area is 154 Å². The third-order valence-corrected chi connectivity index (χ3v) is 4.01. The van der Waals surface area contributed by atoms with Crippen LogP contribution in [0.15, 0.2) is 42.5 Å². The van der Waals surface area contributed by atoms with Crippen LogP contribution in [0.3, 0.4) is 0 Å². The van der Waals surface area contributed by atoms with Crippen LogP contribution in [-0.4, -0.2) is 25.6 Å². The van der Waals surface area contributed by atoms with Crippen molar-refractivity contribution in [1.82, 2.24) is 5.32 Å². The lowest BCUT2D eigenvalue weighted by molar-refractivity contribution is -0.123. The van der Waals surface area contributed by atoms with Crippen molar-refractivity contribution in [3.8, 4) is 5.75 Å². The molecule has 138 valence electrons. The summed E-state index contributed by atoms with van der Waals surface area (Å²) < 4.78 is 10.4. The van der Waals surface area contributed by atoms with E-state index in [0.717, 1.165) is 22.4 Å². The van der Waals surface area contributed by atoms with Gasteiger partial charge in [0.2, 0.25) is 0 Å². The number of hydrogen-bond donors (Lipinski definition) is 1. The molecule has 0 spiro atoms. The van der Waals surface area contributed by atoms with Crippen LogP contribution in [-0.2, 0) is 16.1 Å². The van der Waals surface area contributed by atoms with E-state index in [0.29, 0.717) is 18.0 Å². The summed E-state index contributed by atoms with van der Waals surface area (Å²) in [6, 6.07) is 12.9. The highest BCUT2D eigenvalue weighted by molar-refractivity contribution is 5.89. The fourth-order valence-electron chi connectivity index (χ4n) is 2.52. The van der Waals surface area contributed by atoms with Gasteiger partial charge >= 0.3 is 5.97 Å². The van der Waals surface area contributed by atoms with Crippen molar-refractivity contribution in [2.45, 2.75) is 33.2 Å². The molecule has 5 heteroatoms. The maximum absolute atomic E-state index is 12.1. The van der Waals surface area contributed by atoms with Crippen LogP contribution in [0.5, 0.6) is 5.75 Å². The van der Waals surface area contributed by atoms with Gasteiger partial charge < -0.3 is 14.8 Å². The van der Waals surface area contributed by atoms with E-state index in [-0.39, 0.29) is 18.5 Å². The van der Waals surface area contributed by atoms with Gasteiger partial charge in [-0.25, -0.2) is 4.79 Å². The first kappa shape index (κ1) is 19.5. The number of amides is 1. The lowest BCUT2D eigenvalue weighted by atomic mass is 10.0. The maximum Gasteiger partial charge on any atom is 0.337 e. The van der Waals surface area contributed by atoms with E-state index in [9.17, 15) is 9.59 Å². The Morgan fingerprint density at radius 2 is 1.77 bits per heavy atom. The zero-order valence-corrected chi connectivity index (χ0v) is 15.7. The van der Waals surface area contributed by atoms with E-state index < -0.39 is 0 Å². The fourth-order valence-corrected chi connectivity index (χ4v) is 2.52. The Bertz CT molecular complexity index is 766. The predicted molar refractivity (Wildman–Crippen MR) is 100 cm³/mol. The second-order valence-electron chi connectivity index (χ2n) is 6.45. The molecule has 2 aromatic carbocycles. The molecule has 0 fully saturated rings. The van der Waals surface area contributed by atoms with Crippen LogP contribution < -0.4 is 10.1 Å². The van der Waals surface area contributed by atoms with E-state index in [1.165, 1.54) is 7.11 Å². The summed E-state index contributed by atoms with van der Waals surface area (Å²) >= 11 is 0. The molecule has 1 N–H and O–H groups in total.